The molecule has 8 heteroatoms. The molecule has 1 aromatic carbocycles. The number of anilines is 1. The Balaban J connectivity index is 2.50. The van der Waals surface area contributed by atoms with Gasteiger partial charge in [0, 0.05) is 24.6 Å². The van der Waals surface area contributed by atoms with Crippen LogP contribution < -0.4 is 4.90 Å². The van der Waals surface area contributed by atoms with Crippen molar-refractivity contribution in [2.45, 2.75) is 0 Å². The van der Waals surface area contributed by atoms with Gasteiger partial charge in [0.25, 0.3) is 5.69 Å². The molecule has 0 N–H and O–H groups in total. The fraction of sp³-hybridized carbons (Fsp3) is 0.417. The Morgan fingerprint density at radius 3 is 2.65 bits per heavy atom. The van der Waals surface area contributed by atoms with E-state index in [1.807, 2.05) is 0 Å². The molecule has 2 rings (SSSR count). The molecular weight excluding hydrogens is 287 g/mol. The van der Waals surface area contributed by atoms with Gasteiger partial charge >= 0.3 is 5.97 Å². The van der Waals surface area contributed by atoms with Crippen molar-refractivity contribution in [3.05, 3.63) is 33.6 Å². The fourth-order valence-electron chi connectivity index (χ4n) is 2.02. The molecule has 6 nitrogen and oxygen atoms in total. The molecule has 0 saturated carbocycles. The lowest BCUT2D eigenvalue weighted by Gasteiger charge is -2.28. The number of esters is 1. The molecule has 0 bridgehead atoms. The third kappa shape index (κ3) is 2.84. The van der Waals surface area contributed by atoms with Crippen LogP contribution in [0.25, 0.3) is 0 Å². The number of carbonyl (C=O) groups excluding carboxylic acids is 1. The van der Waals surface area contributed by atoms with Gasteiger partial charge in [-0.1, -0.05) is 0 Å². The summed E-state index contributed by atoms with van der Waals surface area (Å²) in [4.78, 5) is 23.7. The molecule has 108 valence electrons. The predicted molar refractivity (Wildman–Crippen MR) is 73.9 cm³/mol. The highest BCUT2D eigenvalue weighted by atomic mass is 32.2. The van der Waals surface area contributed by atoms with Crippen molar-refractivity contribution in [2.24, 2.45) is 0 Å². The summed E-state index contributed by atoms with van der Waals surface area (Å²) in [5.74, 6) is -0.117. The summed E-state index contributed by atoms with van der Waals surface area (Å²) in [6.07, 6.45) is 0. The van der Waals surface area contributed by atoms with Crippen LogP contribution in [-0.4, -0.2) is 42.6 Å². The minimum atomic E-state index is -0.946. The van der Waals surface area contributed by atoms with Crippen LogP contribution >= 0.6 is 11.8 Å². The Morgan fingerprint density at radius 1 is 1.45 bits per heavy atom. The molecule has 1 saturated heterocycles. The lowest BCUT2D eigenvalue weighted by Crippen LogP contribution is -2.33. The molecule has 0 aromatic heterocycles. The van der Waals surface area contributed by atoms with Crippen molar-refractivity contribution >= 4 is 29.1 Å². The smallest absolute Gasteiger partial charge is 0.340 e. The van der Waals surface area contributed by atoms with Gasteiger partial charge < -0.3 is 9.64 Å². The van der Waals surface area contributed by atoms with Crippen LogP contribution in [0.15, 0.2) is 12.1 Å². The van der Waals surface area contributed by atoms with Gasteiger partial charge in [-0.2, -0.15) is 11.8 Å². The molecule has 0 aliphatic carbocycles. The maximum atomic E-state index is 13.8. The first-order chi connectivity index (χ1) is 9.54. The van der Waals surface area contributed by atoms with Crippen LogP contribution in [0.1, 0.15) is 10.4 Å². The van der Waals surface area contributed by atoms with Gasteiger partial charge in [-0.25, -0.2) is 9.18 Å². The molecule has 1 aliphatic rings. The van der Waals surface area contributed by atoms with Crippen LogP contribution in [0, 0.1) is 15.9 Å². The summed E-state index contributed by atoms with van der Waals surface area (Å²) in [7, 11) is 1.14. The second kappa shape index (κ2) is 6.08. The monoisotopic (exact) mass is 300 g/mol. The Hall–Kier alpha value is -1.83. The van der Waals surface area contributed by atoms with E-state index in [0.29, 0.717) is 13.1 Å². The second-order valence-electron chi connectivity index (χ2n) is 4.17. The number of benzene rings is 1. The first-order valence-electron chi connectivity index (χ1n) is 5.93. The number of nitrogens with zero attached hydrogens (tertiary/aromatic N) is 2. The van der Waals surface area contributed by atoms with Crippen molar-refractivity contribution in [3.63, 3.8) is 0 Å². The molecule has 0 atom stereocenters. The van der Waals surface area contributed by atoms with Gasteiger partial charge in [-0.3, -0.25) is 10.1 Å². The van der Waals surface area contributed by atoms with E-state index in [1.54, 1.807) is 16.7 Å². The van der Waals surface area contributed by atoms with Crippen molar-refractivity contribution < 1.29 is 18.8 Å². The number of carbonyl (C=O) groups is 1. The van der Waals surface area contributed by atoms with Crippen molar-refractivity contribution in [3.8, 4) is 0 Å². The van der Waals surface area contributed by atoms with E-state index in [0.717, 1.165) is 24.7 Å². The zero-order valence-electron chi connectivity index (χ0n) is 10.8. The standard InChI is InChI=1S/C12H13FN2O4S/c1-19-12(16)8-6-10(14-2-4-20-5-3-14)11(15(17)18)7-9(8)13/h6-7H,2-5H2,1H3. The minimum absolute atomic E-state index is 0.261. The fourth-order valence-corrected chi connectivity index (χ4v) is 2.92. The van der Waals surface area contributed by atoms with Crippen LogP contribution in [0.2, 0.25) is 0 Å². The highest BCUT2D eigenvalue weighted by Crippen LogP contribution is 2.32. The molecule has 1 aliphatic heterocycles. The van der Waals surface area contributed by atoms with E-state index >= 15 is 0 Å². The summed E-state index contributed by atoms with van der Waals surface area (Å²) in [6, 6.07) is 1.98. The number of nitro benzene ring substituents is 1. The van der Waals surface area contributed by atoms with Crippen molar-refractivity contribution in [1.82, 2.24) is 0 Å². The zero-order chi connectivity index (χ0) is 14.7. The molecular formula is C12H13FN2O4S. The number of thioether (sulfide) groups is 1. The minimum Gasteiger partial charge on any atom is -0.465 e. The third-order valence-corrected chi connectivity index (χ3v) is 3.96. The van der Waals surface area contributed by atoms with Crippen LogP contribution in [0.4, 0.5) is 15.8 Å². The normalized spacial score (nSPS) is 15.0. The van der Waals surface area contributed by atoms with Crippen LogP contribution in [-0.2, 0) is 4.74 Å². The second-order valence-corrected chi connectivity index (χ2v) is 5.39. The average Bonchev–Trinajstić information content (AvgIpc) is 2.47. The summed E-state index contributed by atoms with van der Waals surface area (Å²) < 4.78 is 18.3. The number of methoxy groups -OCH3 is 1. The molecule has 0 unspecified atom stereocenters. The molecule has 0 amide bonds. The lowest BCUT2D eigenvalue weighted by molar-refractivity contribution is -0.384. The number of nitro groups is 1. The van der Waals surface area contributed by atoms with E-state index in [-0.39, 0.29) is 16.9 Å². The topological polar surface area (TPSA) is 72.7 Å². The van der Waals surface area contributed by atoms with E-state index in [9.17, 15) is 19.3 Å². The van der Waals surface area contributed by atoms with Gasteiger partial charge in [0.2, 0.25) is 0 Å². The highest BCUT2D eigenvalue weighted by molar-refractivity contribution is 7.99. The number of ether oxygens (including phenoxy) is 1. The number of rotatable bonds is 3. The molecule has 1 aromatic rings. The van der Waals surface area contributed by atoms with Crippen molar-refractivity contribution in [1.29, 1.82) is 0 Å². The number of hydrogen-bond acceptors (Lipinski definition) is 6. The maximum Gasteiger partial charge on any atom is 0.340 e. The summed E-state index contributed by atoms with van der Waals surface area (Å²) in [5, 5.41) is 11.1. The zero-order valence-corrected chi connectivity index (χ0v) is 11.6. The summed E-state index contributed by atoms with van der Waals surface area (Å²) >= 11 is 1.75. The van der Waals surface area contributed by atoms with Crippen LogP contribution in [0.5, 0.6) is 0 Å². The maximum absolute atomic E-state index is 13.8. The Labute approximate surface area is 119 Å². The first kappa shape index (κ1) is 14.6. The van der Waals surface area contributed by atoms with Gasteiger partial charge in [-0.05, 0) is 6.07 Å². The molecule has 0 spiro atoms. The number of halogens is 1. The van der Waals surface area contributed by atoms with E-state index in [2.05, 4.69) is 4.74 Å². The van der Waals surface area contributed by atoms with E-state index < -0.39 is 16.7 Å². The number of hydrogen-bond donors (Lipinski definition) is 0. The molecule has 1 fully saturated rings. The summed E-state index contributed by atoms with van der Waals surface area (Å²) in [6.45, 7) is 1.25. The lowest BCUT2D eigenvalue weighted by atomic mass is 10.1. The predicted octanol–water partition coefficient (Wildman–Crippen LogP) is 2.07. The Kier molecular flexibility index (Phi) is 4.43. The SMILES string of the molecule is COC(=O)c1cc(N2CCSCC2)c([N+](=O)[O-])cc1F. The first-order valence-corrected chi connectivity index (χ1v) is 7.09. The van der Waals surface area contributed by atoms with E-state index in [4.69, 9.17) is 0 Å². The molecule has 20 heavy (non-hydrogen) atoms. The van der Waals surface area contributed by atoms with Gasteiger partial charge in [0.1, 0.15) is 11.5 Å². The third-order valence-electron chi connectivity index (χ3n) is 3.02. The van der Waals surface area contributed by atoms with Gasteiger partial charge in [0.05, 0.1) is 23.7 Å². The highest BCUT2D eigenvalue weighted by Gasteiger charge is 2.26. The van der Waals surface area contributed by atoms with Crippen LogP contribution in [0.3, 0.4) is 0 Å². The molecule has 1 heterocycles. The summed E-state index contributed by atoms with van der Waals surface area (Å²) in [5.41, 5.74) is -0.356. The Morgan fingerprint density at radius 2 is 2.10 bits per heavy atom. The Bertz CT molecular complexity index is 547. The molecule has 0 radical (unpaired) electrons. The largest absolute Gasteiger partial charge is 0.465 e. The average molecular weight is 300 g/mol. The quantitative estimate of drug-likeness (QED) is 0.483. The van der Waals surface area contributed by atoms with Crippen molar-refractivity contribution in [2.75, 3.05) is 36.6 Å². The van der Waals surface area contributed by atoms with Gasteiger partial charge in [-0.15, -0.1) is 0 Å². The van der Waals surface area contributed by atoms with E-state index in [1.165, 1.54) is 6.07 Å². The van der Waals surface area contributed by atoms with Gasteiger partial charge in [0.15, 0.2) is 0 Å².